The van der Waals surface area contributed by atoms with Gasteiger partial charge in [-0.15, -0.1) is 0 Å². The predicted octanol–water partition coefficient (Wildman–Crippen LogP) is 2.65. The number of carbonyl (C=O) groups excluding carboxylic acids is 1. The van der Waals surface area contributed by atoms with E-state index in [9.17, 15) is 4.79 Å². The van der Waals surface area contributed by atoms with Gasteiger partial charge in [-0.25, -0.2) is 0 Å². The molecule has 1 aliphatic rings. The minimum Gasteiger partial charge on any atom is -0.375 e. The summed E-state index contributed by atoms with van der Waals surface area (Å²) in [5.41, 5.74) is 1.13. The molecule has 0 N–H and O–H groups in total. The van der Waals surface area contributed by atoms with Crippen LogP contribution < -0.4 is 0 Å². The third-order valence-electron chi connectivity index (χ3n) is 3.93. The Morgan fingerprint density at radius 1 is 1.26 bits per heavy atom. The van der Waals surface area contributed by atoms with Crippen LogP contribution in [0.5, 0.6) is 0 Å². The van der Waals surface area contributed by atoms with E-state index in [4.69, 9.17) is 9.47 Å². The fourth-order valence-electron chi connectivity index (χ4n) is 2.59. The van der Waals surface area contributed by atoms with E-state index in [0.717, 1.165) is 24.8 Å². The van der Waals surface area contributed by atoms with Crippen molar-refractivity contribution >= 4 is 12.1 Å². The van der Waals surface area contributed by atoms with Gasteiger partial charge in [0.15, 0.2) is 6.23 Å². The second-order valence-corrected chi connectivity index (χ2v) is 5.65. The molecule has 0 saturated carbocycles. The van der Waals surface area contributed by atoms with Crippen LogP contribution in [0.3, 0.4) is 0 Å². The molecule has 23 heavy (non-hydrogen) atoms. The van der Waals surface area contributed by atoms with Crippen LogP contribution in [0.4, 0.5) is 0 Å². The van der Waals surface area contributed by atoms with Gasteiger partial charge in [0.1, 0.15) is 6.04 Å². The average Bonchev–Trinajstić information content (AvgIpc) is 2.59. The second kappa shape index (κ2) is 9.43. The zero-order valence-electron chi connectivity index (χ0n) is 14.0. The topological polar surface area (TPSA) is 51.1 Å². The summed E-state index contributed by atoms with van der Waals surface area (Å²) in [6.45, 7) is 3.66. The van der Waals surface area contributed by atoms with Crippen LogP contribution in [0.15, 0.2) is 35.3 Å². The van der Waals surface area contributed by atoms with E-state index < -0.39 is 0 Å². The fraction of sp³-hybridized carbons (Fsp3) is 0.556. The Labute approximate surface area is 138 Å². The Kier molecular flexibility index (Phi) is 7.23. The van der Waals surface area contributed by atoms with Crippen LogP contribution in [0.2, 0.25) is 0 Å². The first-order valence-electron chi connectivity index (χ1n) is 8.24. The van der Waals surface area contributed by atoms with E-state index in [1.807, 2.05) is 30.3 Å². The van der Waals surface area contributed by atoms with Crippen molar-refractivity contribution in [3.8, 4) is 0 Å². The first kappa shape index (κ1) is 17.6. The van der Waals surface area contributed by atoms with Gasteiger partial charge in [-0.2, -0.15) is 0 Å². The molecule has 5 nitrogen and oxygen atoms in total. The molecular weight excluding hydrogens is 292 g/mol. The van der Waals surface area contributed by atoms with E-state index in [1.165, 1.54) is 0 Å². The number of hydrogen-bond acceptors (Lipinski definition) is 4. The van der Waals surface area contributed by atoms with Crippen molar-refractivity contribution < 1.29 is 14.3 Å². The van der Waals surface area contributed by atoms with Crippen LogP contribution >= 0.6 is 0 Å². The molecule has 1 amide bonds. The maximum Gasteiger partial charge on any atom is 0.249 e. The molecular formula is C18H26N2O3. The zero-order valence-corrected chi connectivity index (χ0v) is 14.0. The SMILES string of the molecule is CCCCC1N=CC(OC)N(CCOCc2ccccc2)C1=O. The van der Waals surface area contributed by atoms with Crippen LogP contribution in [0.25, 0.3) is 0 Å². The maximum atomic E-state index is 12.5. The Hall–Kier alpha value is -1.72. The Balaban J connectivity index is 1.83. The third kappa shape index (κ3) is 5.15. The summed E-state index contributed by atoms with van der Waals surface area (Å²) in [5, 5.41) is 0. The molecule has 1 aliphatic heterocycles. The van der Waals surface area contributed by atoms with Crippen LogP contribution in [0, 0.1) is 0 Å². The number of aliphatic imine (C=N–C) groups is 1. The van der Waals surface area contributed by atoms with Crippen molar-refractivity contribution in [3.05, 3.63) is 35.9 Å². The zero-order chi connectivity index (χ0) is 16.5. The number of unbranched alkanes of at least 4 members (excludes halogenated alkanes) is 1. The normalized spacial score (nSPS) is 21.0. The standard InChI is InChI=1S/C18H26N2O3/c1-3-4-10-16-18(21)20(17(22-2)13-19-16)11-12-23-14-15-8-6-5-7-9-15/h5-9,13,16-17H,3-4,10-12,14H2,1-2H3. The van der Waals surface area contributed by atoms with Gasteiger partial charge in [0.2, 0.25) is 5.91 Å². The van der Waals surface area contributed by atoms with Crippen molar-refractivity contribution in [1.82, 2.24) is 4.90 Å². The number of rotatable bonds is 9. The van der Waals surface area contributed by atoms with Crippen molar-refractivity contribution in [2.45, 2.75) is 45.1 Å². The first-order chi connectivity index (χ1) is 11.3. The lowest BCUT2D eigenvalue weighted by atomic mass is 10.1. The smallest absolute Gasteiger partial charge is 0.249 e. The summed E-state index contributed by atoms with van der Waals surface area (Å²) >= 11 is 0. The van der Waals surface area contributed by atoms with Crippen molar-refractivity contribution in [1.29, 1.82) is 0 Å². The van der Waals surface area contributed by atoms with E-state index >= 15 is 0 Å². The molecule has 0 bridgehead atoms. The fourth-order valence-corrected chi connectivity index (χ4v) is 2.59. The van der Waals surface area contributed by atoms with Crippen LogP contribution in [-0.4, -0.2) is 49.6 Å². The van der Waals surface area contributed by atoms with Gasteiger partial charge in [0, 0.05) is 19.9 Å². The van der Waals surface area contributed by atoms with Gasteiger partial charge in [0.05, 0.1) is 13.2 Å². The highest BCUT2D eigenvalue weighted by Gasteiger charge is 2.31. The minimum atomic E-state index is -0.388. The maximum absolute atomic E-state index is 12.5. The molecule has 2 rings (SSSR count). The molecule has 126 valence electrons. The highest BCUT2D eigenvalue weighted by atomic mass is 16.5. The average molecular weight is 318 g/mol. The number of methoxy groups -OCH3 is 1. The van der Waals surface area contributed by atoms with Crippen molar-refractivity contribution in [3.63, 3.8) is 0 Å². The molecule has 2 atom stereocenters. The molecule has 0 aliphatic carbocycles. The highest BCUT2D eigenvalue weighted by Crippen LogP contribution is 2.15. The number of carbonyl (C=O) groups is 1. The van der Waals surface area contributed by atoms with Gasteiger partial charge in [-0.05, 0) is 12.0 Å². The quantitative estimate of drug-likeness (QED) is 0.658. The number of nitrogens with zero attached hydrogens (tertiary/aromatic N) is 2. The van der Waals surface area contributed by atoms with Crippen LogP contribution in [0.1, 0.15) is 31.7 Å². The number of hydrogen-bond donors (Lipinski definition) is 0. The van der Waals surface area contributed by atoms with Gasteiger partial charge >= 0.3 is 0 Å². The third-order valence-corrected chi connectivity index (χ3v) is 3.93. The van der Waals surface area contributed by atoms with E-state index in [0.29, 0.717) is 19.8 Å². The molecule has 0 radical (unpaired) electrons. The largest absolute Gasteiger partial charge is 0.375 e. The van der Waals surface area contributed by atoms with Gasteiger partial charge in [-0.3, -0.25) is 9.79 Å². The summed E-state index contributed by atoms with van der Waals surface area (Å²) in [6.07, 6.45) is 4.21. The summed E-state index contributed by atoms with van der Waals surface area (Å²) in [4.78, 5) is 18.6. The predicted molar refractivity (Wildman–Crippen MR) is 90.4 cm³/mol. The molecule has 0 fully saturated rings. The summed E-state index contributed by atoms with van der Waals surface area (Å²) in [5.74, 6) is 0.0381. The molecule has 0 spiro atoms. The van der Waals surface area contributed by atoms with E-state index in [2.05, 4.69) is 11.9 Å². The van der Waals surface area contributed by atoms with Gasteiger partial charge in [0.25, 0.3) is 0 Å². The van der Waals surface area contributed by atoms with Crippen LogP contribution in [-0.2, 0) is 20.9 Å². The lowest BCUT2D eigenvalue weighted by molar-refractivity contribution is -0.143. The number of amides is 1. The Morgan fingerprint density at radius 3 is 2.74 bits per heavy atom. The molecule has 1 aromatic carbocycles. The summed E-state index contributed by atoms with van der Waals surface area (Å²) < 4.78 is 11.0. The van der Waals surface area contributed by atoms with Crippen molar-refractivity contribution in [2.75, 3.05) is 20.3 Å². The molecule has 0 saturated heterocycles. The Bertz CT molecular complexity index is 504. The minimum absolute atomic E-state index is 0.0381. The summed E-state index contributed by atoms with van der Waals surface area (Å²) in [7, 11) is 1.59. The van der Waals surface area contributed by atoms with E-state index in [1.54, 1.807) is 18.2 Å². The van der Waals surface area contributed by atoms with Gasteiger partial charge < -0.3 is 14.4 Å². The molecule has 1 aromatic rings. The molecule has 0 aromatic heterocycles. The lowest BCUT2D eigenvalue weighted by Gasteiger charge is -2.33. The van der Waals surface area contributed by atoms with E-state index in [-0.39, 0.29) is 18.2 Å². The molecule has 2 unspecified atom stereocenters. The highest BCUT2D eigenvalue weighted by molar-refractivity contribution is 5.89. The molecule has 5 heteroatoms. The Morgan fingerprint density at radius 2 is 2.04 bits per heavy atom. The molecule has 1 heterocycles. The monoisotopic (exact) mass is 318 g/mol. The van der Waals surface area contributed by atoms with Gasteiger partial charge in [-0.1, -0.05) is 50.1 Å². The summed E-state index contributed by atoms with van der Waals surface area (Å²) in [6, 6.07) is 9.74. The van der Waals surface area contributed by atoms with Crippen molar-refractivity contribution in [2.24, 2.45) is 4.99 Å². The second-order valence-electron chi connectivity index (χ2n) is 5.65. The first-order valence-corrected chi connectivity index (χ1v) is 8.24. The number of ether oxygens (including phenoxy) is 2. The number of benzene rings is 1. The lowest BCUT2D eigenvalue weighted by Crippen LogP contribution is -2.51.